The highest BCUT2D eigenvalue weighted by atomic mass is 16.6. The minimum Gasteiger partial charge on any atom is -0.462 e. The Bertz CT molecular complexity index is 980. The van der Waals surface area contributed by atoms with Gasteiger partial charge in [0.05, 0.1) is 0 Å². The van der Waals surface area contributed by atoms with Crippen LogP contribution in [0.15, 0.2) is 0 Å². The lowest BCUT2D eigenvalue weighted by molar-refractivity contribution is -0.167. The Hall–Kier alpha value is -1.59. The lowest BCUT2D eigenvalue weighted by Gasteiger charge is -2.18. The Morgan fingerprint density at radius 1 is 0.292 bits per heavy atom. The fraction of sp³-hybridized carbons (Fsp3) is 0.949. The van der Waals surface area contributed by atoms with E-state index in [2.05, 4.69) is 27.7 Å². The van der Waals surface area contributed by atoms with Crippen molar-refractivity contribution < 1.29 is 28.6 Å². The minimum absolute atomic E-state index is 0.0617. The summed E-state index contributed by atoms with van der Waals surface area (Å²) in [5.74, 6) is 0.0245. The molecule has 0 aliphatic rings. The average Bonchev–Trinajstić information content (AvgIpc) is 3.29. The standard InChI is InChI=1S/C59H114O6/c1-5-7-9-11-13-15-17-19-27-31-34-38-42-46-50-57(60)63-53-56(65-59(62)52-48-44-40-36-30-18-16-14-12-10-8-6-2)54-64-58(61)51-47-43-39-35-32-28-25-23-21-20-22-24-26-29-33-37-41-45-49-55(3)4/h55-56H,5-54H2,1-4H3/t56-/m1/s1. The zero-order chi connectivity index (χ0) is 47.4. The fourth-order valence-electron chi connectivity index (χ4n) is 9.10. The lowest BCUT2D eigenvalue weighted by atomic mass is 10.0. The molecule has 0 aromatic heterocycles. The van der Waals surface area contributed by atoms with Crippen LogP contribution in [0.1, 0.15) is 336 Å². The van der Waals surface area contributed by atoms with Crippen LogP contribution in [-0.2, 0) is 28.6 Å². The topological polar surface area (TPSA) is 78.9 Å². The molecule has 0 amide bonds. The Balaban J connectivity index is 4.22. The normalized spacial score (nSPS) is 12.0. The second-order valence-electron chi connectivity index (χ2n) is 20.8. The SMILES string of the molecule is CCCCCCCCCCCCCCCCC(=O)OC[C@H](COC(=O)CCCCCCCCCCCCCCCCCCCCC(C)C)OC(=O)CCCCCCCCCCCCCC. The first-order valence-corrected chi connectivity index (χ1v) is 29.4. The van der Waals surface area contributed by atoms with Crippen molar-refractivity contribution in [3.05, 3.63) is 0 Å². The molecule has 0 aliphatic heterocycles. The quantitative estimate of drug-likeness (QED) is 0.0344. The molecule has 6 nitrogen and oxygen atoms in total. The van der Waals surface area contributed by atoms with Crippen molar-refractivity contribution in [1.82, 2.24) is 0 Å². The molecule has 386 valence electrons. The molecule has 0 unspecified atom stereocenters. The van der Waals surface area contributed by atoms with Crippen molar-refractivity contribution in [2.75, 3.05) is 13.2 Å². The first-order chi connectivity index (χ1) is 31.9. The van der Waals surface area contributed by atoms with E-state index in [1.54, 1.807) is 0 Å². The molecule has 65 heavy (non-hydrogen) atoms. The van der Waals surface area contributed by atoms with Crippen LogP contribution in [0.5, 0.6) is 0 Å². The molecule has 0 saturated heterocycles. The highest BCUT2D eigenvalue weighted by Gasteiger charge is 2.19. The van der Waals surface area contributed by atoms with Crippen molar-refractivity contribution in [2.24, 2.45) is 5.92 Å². The molecule has 0 N–H and O–H groups in total. The molecule has 0 fully saturated rings. The largest absolute Gasteiger partial charge is 0.462 e. The first-order valence-electron chi connectivity index (χ1n) is 29.4. The molecule has 0 saturated carbocycles. The third kappa shape index (κ3) is 53.2. The van der Waals surface area contributed by atoms with Gasteiger partial charge in [-0.05, 0) is 25.2 Å². The summed E-state index contributed by atoms with van der Waals surface area (Å²) >= 11 is 0. The number of carbonyl (C=O) groups excluding carboxylic acids is 3. The van der Waals surface area contributed by atoms with Gasteiger partial charge < -0.3 is 14.2 Å². The van der Waals surface area contributed by atoms with Crippen LogP contribution in [0.2, 0.25) is 0 Å². The van der Waals surface area contributed by atoms with Gasteiger partial charge in [0.2, 0.25) is 0 Å². The third-order valence-corrected chi connectivity index (χ3v) is 13.5. The maximum atomic E-state index is 12.8. The molecular formula is C59H114O6. The number of hydrogen-bond donors (Lipinski definition) is 0. The van der Waals surface area contributed by atoms with Crippen LogP contribution >= 0.6 is 0 Å². The first kappa shape index (κ1) is 63.4. The van der Waals surface area contributed by atoms with E-state index in [4.69, 9.17) is 14.2 Å². The van der Waals surface area contributed by atoms with Crippen molar-refractivity contribution in [3.8, 4) is 0 Å². The number of carbonyl (C=O) groups is 3. The summed E-state index contributed by atoms with van der Waals surface area (Å²) < 4.78 is 16.9. The summed E-state index contributed by atoms with van der Waals surface area (Å²) in [5.41, 5.74) is 0. The highest BCUT2D eigenvalue weighted by Crippen LogP contribution is 2.18. The van der Waals surface area contributed by atoms with Gasteiger partial charge in [-0.3, -0.25) is 14.4 Å². The Labute approximate surface area is 406 Å². The van der Waals surface area contributed by atoms with Gasteiger partial charge in [0, 0.05) is 19.3 Å². The van der Waals surface area contributed by atoms with Crippen LogP contribution in [0.4, 0.5) is 0 Å². The molecule has 0 aromatic carbocycles. The lowest BCUT2D eigenvalue weighted by Crippen LogP contribution is -2.30. The van der Waals surface area contributed by atoms with Gasteiger partial charge in [0.25, 0.3) is 0 Å². The van der Waals surface area contributed by atoms with E-state index in [0.29, 0.717) is 19.3 Å². The summed E-state index contributed by atoms with van der Waals surface area (Å²) in [6, 6.07) is 0. The molecule has 0 rings (SSSR count). The number of unbranched alkanes of at least 4 members (excludes halogenated alkanes) is 41. The fourth-order valence-corrected chi connectivity index (χ4v) is 9.10. The van der Waals surface area contributed by atoms with Crippen molar-refractivity contribution >= 4 is 17.9 Å². The molecule has 0 heterocycles. The minimum atomic E-state index is -0.761. The maximum absolute atomic E-state index is 12.8. The number of ether oxygens (including phenoxy) is 3. The number of rotatable bonds is 54. The molecule has 0 aliphatic carbocycles. The third-order valence-electron chi connectivity index (χ3n) is 13.5. The number of esters is 3. The Kier molecular flexibility index (Phi) is 52.1. The zero-order valence-electron chi connectivity index (χ0n) is 44.5. The summed E-state index contributed by atoms with van der Waals surface area (Å²) in [6.45, 7) is 9.07. The molecule has 6 heteroatoms. The molecule has 0 radical (unpaired) electrons. The van der Waals surface area contributed by atoms with Crippen LogP contribution in [0.25, 0.3) is 0 Å². The molecule has 0 aromatic rings. The van der Waals surface area contributed by atoms with Crippen molar-refractivity contribution in [2.45, 2.75) is 342 Å². The molecule has 1 atom stereocenters. The second-order valence-corrected chi connectivity index (χ2v) is 20.8. The predicted molar refractivity (Wildman–Crippen MR) is 280 cm³/mol. The second kappa shape index (κ2) is 53.4. The zero-order valence-corrected chi connectivity index (χ0v) is 44.5. The molecule has 0 bridgehead atoms. The molecule has 0 spiro atoms. The summed E-state index contributed by atoms with van der Waals surface area (Å²) in [7, 11) is 0. The van der Waals surface area contributed by atoms with Crippen LogP contribution in [0.3, 0.4) is 0 Å². The van der Waals surface area contributed by atoms with Gasteiger partial charge in [-0.1, -0.05) is 297 Å². The molecular weight excluding hydrogens is 805 g/mol. The smallest absolute Gasteiger partial charge is 0.306 e. The van der Waals surface area contributed by atoms with E-state index >= 15 is 0 Å². The Morgan fingerprint density at radius 3 is 0.754 bits per heavy atom. The Morgan fingerprint density at radius 2 is 0.508 bits per heavy atom. The van der Waals surface area contributed by atoms with Crippen LogP contribution in [-0.4, -0.2) is 37.2 Å². The van der Waals surface area contributed by atoms with E-state index in [-0.39, 0.29) is 31.1 Å². The van der Waals surface area contributed by atoms with Gasteiger partial charge in [0.1, 0.15) is 13.2 Å². The van der Waals surface area contributed by atoms with Gasteiger partial charge >= 0.3 is 17.9 Å². The van der Waals surface area contributed by atoms with Gasteiger partial charge in [-0.2, -0.15) is 0 Å². The summed E-state index contributed by atoms with van der Waals surface area (Å²) in [6.07, 6.45) is 58.1. The highest BCUT2D eigenvalue weighted by molar-refractivity contribution is 5.71. The monoisotopic (exact) mass is 919 g/mol. The average molecular weight is 920 g/mol. The number of hydrogen-bond acceptors (Lipinski definition) is 6. The van der Waals surface area contributed by atoms with E-state index < -0.39 is 6.10 Å². The van der Waals surface area contributed by atoms with Crippen LogP contribution in [0, 0.1) is 5.92 Å². The van der Waals surface area contributed by atoms with Gasteiger partial charge in [-0.25, -0.2) is 0 Å². The summed E-state index contributed by atoms with van der Waals surface area (Å²) in [5, 5.41) is 0. The van der Waals surface area contributed by atoms with Crippen LogP contribution < -0.4 is 0 Å². The maximum Gasteiger partial charge on any atom is 0.306 e. The van der Waals surface area contributed by atoms with E-state index in [9.17, 15) is 14.4 Å². The van der Waals surface area contributed by atoms with Gasteiger partial charge in [0.15, 0.2) is 6.10 Å². The van der Waals surface area contributed by atoms with Crippen molar-refractivity contribution in [1.29, 1.82) is 0 Å². The van der Waals surface area contributed by atoms with Crippen molar-refractivity contribution in [3.63, 3.8) is 0 Å². The van der Waals surface area contributed by atoms with Gasteiger partial charge in [-0.15, -0.1) is 0 Å². The van der Waals surface area contributed by atoms with E-state index in [1.165, 1.54) is 231 Å². The summed E-state index contributed by atoms with van der Waals surface area (Å²) in [4.78, 5) is 38.1. The van der Waals surface area contributed by atoms with E-state index in [1.807, 2.05) is 0 Å². The van der Waals surface area contributed by atoms with E-state index in [0.717, 1.165) is 63.7 Å². The predicted octanol–water partition coefficient (Wildman–Crippen LogP) is 19.4.